The first-order valence-corrected chi connectivity index (χ1v) is 7.81. The van der Waals surface area contributed by atoms with Crippen LogP contribution in [0.15, 0.2) is 53.1 Å². The molecule has 1 heterocycles. The van der Waals surface area contributed by atoms with Crippen LogP contribution in [0, 0.1) is 0 Å². The first kappa shape index (κ1) is 12.4. The molecule has 1 N–H and O–H groups in total. The molecule has 5 heteroatoms. The number of nitrogens with one attached hydrogen (secondary N) is 1. The van der Waals surface area contributed by atoms with Gasteiger partial charge in [0.2, 0.25) is 10.0 Å². The van der Waals surface area contributed by atoms with Gasteiger partial charge < -0.3 is 4.42 Å². The summed E-state index contributed by atoms with van der Waals surface area (Å²) in [5.74, 6) is 0.607. The van der Waals surface area contributed by atoms with E-state index in [0.29, 0.717) is 5.76 Å². The highest BCUT2D eigenvalue weighted by atomic mass is 32.2. The van der Waals surface area contributed by atoms with Crippen molar-refractivity contribution >= 4 is 10.0 Å². The van der Waals surface area contributed by atoms with E-state index in [1.165, 1.54) is 0 Å². The molecule has 1 aliphatic carbocycles. The van der Waals surface area contributed by atoms with Crippen molar-refractivity contribution in [1.82, 2.24) is 4.72 Å². The molecule has 0 spiro atoms. The van der Waals surface area contributed by atoms with Crippen molar-refractivity contribution in [2.45, 2.75) is 24.1 Å². The Balaban J connectivity index is 1.93. The fourth-order valence-electron chi connectivity index (χ4n) is 2.03. The zero-order valence-corrected chi connectivity index (χ0v) is 11.1. The third kappa shape index (κ3) is 2.72. The minimum Gasteiger partial charge on any atom is -0.467 e. The summed E-state index contributed by atoms with van der Waals surface area (Å²) in [4.78, 5) is 0. The normalized spacial score (nSPS) is 17.3. The molecule has 0 bridgehead atoms. The van der Waals surface area contributed by atoms with Gasteiger partial charge in [0.05, 0.1) is 11.5 Å². The standard InChI is InChI=1S/C14H15NO3S/c16-19(17,12-8-9-12)15-14(13-7-4-10-18-13)11-5-2-1-3-6-11/h1-7,10,12,14-15H,8-9H2. The first-order chi connectivity index (χ1) is 9.17. The summed E-state index contributed by atoms with van der Waals surface area (Å²) < 4.78 is 32.4. The molecule has 0 radical (unpaired) electrons. The lowest BCUT2D eigenvalue weighted by molar-refractivity contribution is 0.471. The van der Waals surface area contributed by atoms with E-state index in [1.54, 1.807) is 18.4 Å². The van der Waals surface area contributed by atoms with Crippen LogP contribution in [0.4, 0.5) is 0 Å². The van der Waals surface area contributed by atoms with Gasteiger partial charge in [-0.25, -0.2) is 8.42 Å². The fourth-order valence-corrected chi connectivity index (χ4v) is 3.56. The molecule has 100 valence electrons. The Hall–Kier alpha value is -1.59. The second-order valence-electron chi connectivity index (χ2n) is 4.72. The number of furan rings is 1. The molecule has 1 aromatic carbocycles. The number of sulfonamides is 1. The van der Waals surface area contributed by atoms with Crippen LogP contribution in [0.3, 0.4) is 0 Å². The molecular weight excluding hydrogens is 262 g/mol. The Kier molecular flexibility index (Phi) is 3.16. The molecule has 19 heavy (non-hydrogen) atoms. The molecule has 1 unspecified atom stereocenters. The van der Waals surface area contributed by atoms with Crippen LogP contribution < -0.4 is 4.72 Å². The van der Waals surface area contributed by atoms with Crippen LogP contribution in [0.2, 0.25) is 0 Å². The summed E-state index contributed by atoms with van der Waals surface area (Å²) >= 11 is 0. The molecule has 0 saturated heterocycles. The van der Waals surface area contributed by atoms with E-state index < -0.39 is 16.1 Å². The Labute approximate surface area is 112 Å². The molecule has 1 atom stereocenters. The van der Waals surface area contributed by atoms with E-state index in [9.17, 15) is 8.42 Å². The summed E-state index contributed by atoms with van der Waals surface area (Å²) in [5.41, 5.74) is 0.877. The maximum atomic E-state index is 12.1. The second-order valence-corrected chi connectivity index (χ2v) is 6.71. The molecule has 2 aromatic rings. The van der Waals surface area contributed by atoms with Crippen LogP contribution in [0.5, 0.6) is 0 Å². The van der Waals surface area contributed by atoms with Gasteiger partial charge in [-0.15, -0.1) is 0 Å². The van der Waals surface area contributed by atoms with Gasteiger partial charge >= 0.3 is 0 Å². The van der Waals surface area contributed by atoms with E-state index in [2.05, 4.69) is 4.72 Å². The SMILES string of the molecule is O=S(=O)(NC(c1ccccc1)c1ccco1)C1CC1. The first-order valence-electron chi connectivity index (χ1n) is 6.26. The van der Waals surface area contributed by atoms with Gasteiger partial charge in [0.1, 0.15) is 11.8 Å². The molecule has 4 nitrogen and oxygen atoms in total. The zero-order valence-electron chi connectivity index (χ0n) is 10.3. The number of hydrogen-bond acceptors (Lipinski definition) is 3. The van der Waals surface area contributed by atoms with Crippen molar-refractivity contribution < 1.29 is 12.8 Å². The lowest BCUT2D eigenvalue weighted by Gasteiger charge is -2.17. The van der Waals surface area contributed by atoms with Gasteiger partial charge in [-0.1, -0.05) is 30.3 Å². The molecular formula is C14H15NO3S. The Bertz CT molecular complexity index is 631. The highest BCUT2D eigenvalue weighted by molar-refractivity contribution is 7.90. The van der Waals surface area contributed by atoms with Gasteiger partial charge in [-0.3, -0.25) is 0 Å². The van der Waals surface area contributed by atoms with Gasteiger partial charge in [0.25, 0.3) is 0 Å². The minimum atomic E-state index is -3.27. The summed E-state index contributed by atoms with van der Waals surface area (Å²) in [6.07, 6.45) is 3.04. The Morgan fingerprint density at radius 2 is 1.84 bits per heavy atom. The lowest BCUT2D eigenvalue weighted by atomic mass is 10.1. The van der Waals surface area contributed by atoms with Crippen molar-refractivity contribution in [3.63, 3.8) is 0 Å². The maximum absolute atomic E-state index is 12.1. The largest absolute Gasteiger partial charge is 0.467 e. The summed E-state index contributed by atoms with van der Waals surface area (Å²) in [7, 11) is -3.27. The van der Waals surface area contributed by atoms with Crippen molar-refractivity contribution in [1.29, 1.82) is 0 Å². The smallest absolute Gasteiger partial charge is 0.215 e. The van der Waals surface area contributed by atoms with E-state index in [-0.39, 0.29) is 5.25 Å². The lowest BCUT2D eigenvalue weighted by Crippen LogP contribution is -2.31. The maximum Gasteiger partial charge on any atom is 0.215 e. The van der Waals surface area contributed by atoms with Gasteiger partial charge in [-0.2, -0.15) is 4.72 Å². The average molecular weight is 277 g/mol. The van der Waals surface area contributed by atoms with Crippen molar-refractivity contribution in [2.24, 2.45) is 0 Å². The van der Waals surface area contributed by atoms with Crippen LogP contribution in [-0.4, -0.2) is 13.7 Å². The summed E-state index contributed by atoms with van der Waals surface area (Å²) in [5, 5.41) is -0.242. The predicted octanol–water partition coefficient (Wildman–Crippen LogP) is 2.45. The van der Waals surface area contributed by atoms with Gasteiger partial charge in [0, 0.05) is 0 Å². The molecule has 0 amide bonds. The van der Waals surface area contributed by atoms with Crippen LogP contribution in [0.25, 0.3) is 0 Å². The number of benzene rings is 1. The third-order valence-electron chi connectivity index (χ3n) is 3.21. The quantitative estimate of drug-likeness (QED) is 0.913. The number of rotatable bonds is 5. The Morgan fingerprint density at radius 1 is 1.11 bits per heavy atom. The third-order valence-corrected chi connectivity index (χ3v) is 5.12. The van der Waals surface area contributed by atoms with E-state index >= 15 is 0 Å². The monoisotopic (exact) mass is 277 g/mol. The van der Waals surface area contributed by atoms with Crippen molar-refractivity contribution in [3.8, 4) is 0 Å². The van der Waals surface area contributed by atoms with E-state index in [4.69, 9.17) is 4.42 Å². The minimum absolute atomic E-state index is 0.242. The van der Waals surface area contributed by atoms with Crippen molar-refractivity contribution in [2.75, 3.05) is 0 Å². The summed E-state index contributed by atoms with van der Waals surface area (Å²) in [6, 6.07) is 12.5. The predicted molar refractivity (Wildman–Crippen MR) is 72.1 cm³/mol. The molecule has 1 fully saturated rings. The highest BCUT2D eigenvalue weighted by Crippen LogP contribution is 2.31. The second kappa shape index (κ2) is 4.83. The highest BCUT2D eigenvalue weighted by Gasteiger charge is 2.38. The zero-order chi connectivity index (χ0) is 13.3. The number of hydrogen-bond donors (Lipinski definition) is 1. The van der Waals surface area contributed by atoms with Gasteiger partial charge in [-0.05, 0) is 30.5 Å². The summed E-state index contributed by atoms with van der Waals surface area (Å²) in [6.45, 7) is 0. The van der Waals surface area contributed by atoms with Crippen molar-refractivity contribution in [3.05, 3.63) is 60.1 Å². The average Bonchev–Trinajstić information content (AvgIpc) is 3.15. The molecule has 3 rings (SSSR count). The Morgan fingerprint density at radius 3 is 2.42 bits per heavy atom. The molecule has 1 saturated carbocycles. The van der Waals surface area contributed by atoms with Crippen LogP contribution >= 0.6 is 0 Å². The molecule has 1 aliphatic rings. The van der Waals surface area contributed by atoms with Crippen LogP contribution in [-0.2, 0) is 10.0 Å². The topological polar surface area (TPSA) is 59.3 Å². The molecule has 1 aromatic heterocycles. The fraction of sp³-hybridized carbons (Fsp3) is 0.286. The molecule has 0 aliphatic heterocycles. The van der Waals surface area contributed by atoms with Gasteiger partial charge in [0.15, 0.2) is 0 Å². The van der Waals surface area contributed by atoms with Crippen LogP contribution in [0.1, 0.15) is 30.2 Å². The van der Waals surface area contributed by atoms with E-state index in [1.807, 2.05) is 30.3 Å². The van der Waals surface area contributed by atoms with E-state index in [0.717, 1.165) is 18.4 Å².